The minimum atomic E-state index is -1.20. The molecule has 1 aliphatic heterocycles. The van der Waals surface area contributed by atoms with Crippen molar-refractivity contribution >= 4 is 46.8 Å². The summed E-state index contributed by atoms with van der Waals surface area (Å²) in [6.45, 7) is 20.6. The number of ether oxygens (including phenoxy) is 3. The van der Waals surface area contributed by atoms with Crippen LogP contribution < -0.4 is 20.7 Å². The molecule has 15 nitrogen and oxygen atoms in total. The number of nitrogens with zero attached hydrogens (tertiary/aromatic N) is 4. The molecule has 2 aliphatic rings. The van der Waals surface area contributed by atoms with Crippen LogP contribution in [0.1, 0.15) is 114 Å². The molecule has 1 saturated carbocycles. The van der Waals surface area contributed by atoms with Crippen molar-refractivity contribution in [2.75, 3.05) is 33.3 Å². The van der Waals surface area contributed by atoms with Crippen LogP contribution in [0.25, 0.3) is 10.4 Å². The summed E-state index contributed by atoms with van der Waals surface area (Å²) in [5, 5.41) is 29.3. The van der Waals surface area contributed by atoms with Crippen molar-refractivity contribution in [2.24, 2.45) is 10.8 Å². The number of likely N-dealkylation sites (tertiary alicyclic amines) is 1. The molecule has 2 heterocycles. The number of halogens is 1. The van der Waals surface area contributed by atoms with E-state index in [2.05, 4.69) is 59.6 Å². The molecule has 0 radical (unpaired) electrons. The normalized spacial score (nSPS) is 20.5. The Morgan fingerprint density at radius 1 is 1.00 bits per heavy atom. The van der Waals surface area contributed by atoms with Crippen LogP contribution in [0.5, 0.6) is 5.75 Å². The lowest BCUT2D eigenvalue weighted by atomic mass is 9.49. The highest BCUT2D eigenvalue weighted by molar-refractivity contribution is 7.13. The first-order valence-electron chi connectivity index (χ1n) is 24.2. The van der Waals surface area contributed by atoms with Crippen molar-refractivity contribution in [1.29, 1.82) is 5.26 Å². The number of carbonyl (C=O) groups excluding carboxylic acids is 4. The van der Waals surface area contributed by atoms with E-state index in [4.69, 9.17) is 25.8 Å². The molecule has 1 aliphatic carbocycles. The van der Waals surface area contributed by atoms with Crippen LogP contribution in [0.2, 0.25) is 5.02 Å². The second-order valence-corrected chi connectivity index (χ2v) is 22.4. The predicted octanol–water partition coefficient (Wildman–Crippen LogP) is 8.26. The zero-order valence-corrected chi connectivity index (χ0v) is 44.4. The number of rotatable bonds is 19. The average Bonchev–Trinajstić information content (AvgIpc) is 3.93. The number of hydrogen-bond donors (Lipinski definition) is 4. The first-order valence-corrected chi connectivity index (χ1v) is 25.5. The average molecular weight is 1010 g/mol. The van der Waals surface area contributed by atoms with Crippen LogP contribution in [0.15, 0.2) is 72.2 Å². The zero-order valence-electron chi connectivity index (χ0n) is 42.8. The number of benzene rings is 3. The second-order valence-electron chi connectivity index (χ2n) is 21.1. The van der Waals surface area contributed by atoms with Crippen LogP contribution >= 0.6 is 22.9 Å². The zero-order chi connectivity index (χ0) is 52.0. The maximum atomic E-state index is 14.3. The highest BCUT2D eigenvalue weighted by atomic mass is 35.5. The molecule has 4 aromatic rings. The number of β-amino-alcohol motifs (C(OH)–C–C–N with tert-alkyl or cyclic N) is 1. The number of nitriles is 1. The van der Waals surface area contributed by atoms with Gasteiger partial charge in [-0.25, -0.2) is 9.78 Å². The lowest BCUT2D eigenvalue weighted by Gasteiger charge is -2.63. The minimum absolute atomic E-state index is 0.0443. The Hall–Kier alpha value is -5.57. The largest absolute Gasteiger partial charge is 0.489 e. The molecule has 3 aromatic carbocycles. The van der Waals surface area contributed by atoms with E-state index in [9.17, 15) is 29.5 Å². The molecule has 2 fully saturated rings. The van der Waals surface area contributed by atoms with E-state index < -0.39 is 47.8 Å². The van der Waals surface area contributed by atoms with E-state index in [1.807, 2.05) is 74.9 Å². The standard InChI is InChI=1S/C54H70ClN7O8S/c1-32(36-17-19-37(20-18-36)45-33(2)57-31-71-45)58-47(65)43-27-40(63)30-62(43)48(66)44(59-51(67)70-52(4,5)6)34(3)68-26-12-24-61(11)25-23-35-13-15-38(16-14-35)46(64)60-49-53(7,8)50(54(49,9)10)69-41-22-21-39(29-56)42(55)28-41/h13-22,28,31-32,34,40,43-44,49-50,63H,12,23-27,30H2,1-11H3,(H,58,65)(H,59,67)(H,60,64)/t32-,34+,40+,43-,44-,49?,50?/m0/s1. The number of aliphatic hydroxyl groups excluding tert-OH is 1. The smallest absolute Gasteiger partial charge is 0.408 e. The van der Waals surface area contributed by atoms with Crippen molar-refractivity contribution < 1.29 is 38.5 Å². The number of thiazole rings is 1. The van der Waals surface area contributed by atoms with Gasteiger partial charge in [0, 0.05) is 61.2 Å². The summed E-state index contributed by atoms with van der Waals surface area (Å²) < 4.78 is 18.1. The fourth-order valence-electron chi connectivity index (χ4n) is 9.96. The first kappa shape index (κ1) is 54.8. The summed E-state index contributed by atoms with van der Waals surface area (Å²) in [5.74, 6) is -0.552. The first-order chi connectivity index (χ1) is 33.4. The topological polar surface area (TPSA) is 195 Å². The number of alkyl carbamates (subject to hydrolysis) is 1. The molecule has 1 aromatic heterocycles. The fraction of sp³-hybridized carbons (Fsp3) is 0.519. The number of aromatic nitrogens is 1. The minimum Gasteiger partial charge on any atom is -0.489 e. The summed E-state index contributed by atoms with van der Waals surface area (Å²) in [6, 6.07) is 19.9. The molecule has 382 valence electrons. The van der Waals surface area contributed by atoms with E-state index >= 15 is 0 Å². The van der Waals surface area contributed by atoms with Crippen LogP contribution in [0.3, 0.4) is 0 Å². The van der Waals surface area contributed by atoms with Crippen LogP contribution in [0, 0.1) is 29.1 Å². The van der Waals surface area contributed by atoms with Crippen molar-refractivity contribution in [3.05, 3.63) is 105 Å². The monoisotopic (exact) mass is 1010 g/mol. The summed E-state index contributed by atoms with van der Waals surface area (Å²) in [7, 11) is 2.01. The van der Waals surface area contributed by atoms with Crippen molar-refractivity contribution in [3.63, 3.8) is 0 Å². The van der Waals surface area contributed by atoms with Crippen molar-refractivity contribution in [1.82, 2.24) is 30.7 Å². The Morgan fingerprint density at radius 2 is 1.68 bits per heavy atom. The quantitative estimate of drug-likeness (QED) is 0.0661. The van der Waals surface area contributed by atoms with Crippen LogP contribution in [-0.4, -0.2) is 119 Å². The molecule has 4 N–H and O–H groups in total. The van der Waals surface area contributed by atoms with Gasteiger partial charge in [-0.1, -0.05) is 75.7 Å². The van der Waals surface area contributed by atoms with Crippen molar-refractivity contribution in [3.8, 4) is 22.3 Å². The Morgan fingerprint density at radius 3 is 2.28 bits per heavy atom. The lowest BCUT2D eigenvalue weighted by molar-refractivity contribution is -0.164. The van der Waals surface area contributed by atoms with Gasteiger partial charge in [0.05, 0.1) is 44.9 Å². The van der Waals surface area contributed by atoms with Gasteiger partial charge in [0.2, 0.25) is 11.8 Å². The number of likely N-dealkylation sites (N-methyl/N-ethyl adjacent to an activating group) is 1. The third-order valence-electron chi connectivity index (χ3n) is 13.5. The summed E-state index contributed by atoms with van der Waals surface area (Å²) in [6.07, 6.45) is -1.33. The molecule has 0 bridgehead atoms. The third-order valence-corrected chi connectivity index (χ3v) is 14.8. The molecule has 5 atom stereocenters. The number of carbonyl (C=O) groups is 4. The SMILES string of the molecule is Cc1ncsc1-c1ccc([C@H](C)NC(=O)[C@@H]2C[C@@H](O)CN2C(=O)[C@@H](NC(=O)OC(C)(C)C)[C@@H](C)OCCCN(C)CCc2ccc(C(=O)NC3C(C)(C)C(Oc4ccc(C#N)c(Cl)c4)C3(C)C)cc2)cc1. The van der Waals surface area contributed by atoms with Gasteiger partial charge < -0.3 is 45.1 Å². The molecular weight excluding hydrogens is 942 g/mol. The molecule has 0 unspecified atom stereocenters. The molecular formula is C54H70ClN7O8S. The van der Waals surface area contributed by atoms with Crippen LogP contribution in [-0.2, 0) is 25.5 Å². The van der Waals surface area contributed by atoms with Crippen molar-refractivity contribution in [2.45, 2.75) is 137 Å². The maximum absolute atomic E-state index is 14.3. The van der Waals surface area contributed by atoms with Crippen LogP contribution in [0.4, 0.5) is 4.79 Å². The molecule has 6 rings (SSSR count). The molecule has 4 amide bonds. The van der Waals surface area contributed by atoms with E-state index in [0.717, 1.165) is 40.2 Å². The van der Waals surface area contributed by atoms with Gasteiger partial charge in [0.15, 0.2) is 0 Å². The number of aliphatic hydroxyl groups is 1. The number of aryl methyl sites for hydroxylation is 1. The van der Waals surface area contributed by atoms with E-state index in [-0.39, 0.29) is 54.5 Å². The molecule has 1 saturated heterocycles. The van der Waals surface area contributed by atoms with Gasteiger partial charge in [0.1, 0.15) is 35.6 Å². The van der Waals surface area contributed by atoms with E-state index in [1.165, 1.54) is 4.90 Å². The predicted molar refractivity (Wildman–Crippen MR) is 275 cm³/mol. The van der Waals surface area contributed by atoms with Gasteiger partial charge in [0.25, 0.3) is 5.91 Å². The van der Waals surface area contributed by atoms with Gasteiger partial charge >= 0.3 is 6.09 Å². The third kappa shape index (κ3) is 13.5. The van der Waals surface area contributed by atoms with Gasteiger partial charge in [-0.2, -0.15) is 5.26 Å². The number of hydrogen-bond acceptors (Lipinski definition) is 12. The maximum Gasteiger partial charge on any atom is 0.408 e. The van der Waals surface area contributed by atoms with Gasteiger partial charge in [-0.15, -0.1) is 11.3 Å². The summed E-state index contributed by atoms with van der Waals surface area (Å²) in [5.41, 5.74) is 5.09. The summed E-state index contributed by atoms with van der Waals surface area (Å²) in [4.78, 5) is 63.7. The Kier molecular flexibility index (Phi) is 17.6. The number of nitrogens with one attached hydrogen (secondary N) is 3. The van der Waals surface area contributed by atoms with E-state index in [1.54, 1.807) is 57.2 Å². The van der Waals surface area contributed by atoms with Gasteiger partial charge in [-0.3, -0.25) is 14.4 Å². The summed E-state index contributed by atoms with van der Waals surface area (Å²) >= 11 is 7.83. The number of amides is 4. The lowest BCUT2D eigenvalue weighted by Crippen LogP contribution is -2.74. The second kappa shape index (κ2) is 22.9. The van der Waals surface area contributed by atoms with E-state index in [0.29, 0.717) is 34.9 Å². The Labute approximate surface area is 427 Å². The molecule has 71 heavy (non-hydrogen) atoms. The highest BCUT2D eigenvalue weighted by Crippen LogP contribution is 2.55. The fourth-order valence-corrected chi connectivity index (χ4v) is 11.0. The Balaban J connectivity index is 0.978. The van der Waals surface area contributed by atoms with Gasteiger partial charge in [-0.05, 0) is 102 Å². The molecule has 0 spiro atoms. The highest BCUT2D eigenvalue weighted by Gasteiger charge is 2.64. The molecule has 17 heteroatoms. The Bertz CT molecular complexity index is 2540.